The summed E-state index contributed by atoms with van der Waals surface area (Å²) in [6, 6.07) is 6.98. The second kappa shape index (κ2) is 14.1. The largest absolute Gasteiger partial charge is 0.673 e. The monoisotopic (exact) mass is 531 g/mol. The molecule has 0 spiro atoms. The minimum atomic E-state index is -6.00. The number of hydrogen-bond acceptors (Lipinski definition) is 3. The zero-order chi connectivity index (χ0) is 12.2. The van der Waals surface area contributed by atoms with Crippen molar-refractivity contribution >= 4 is 18.2 Å². The average Bonchev–Trinajstić information content (AvgIpc) is 2.16. The summed E-state index contributed by atoms with van der Waals surface area (Å²) < 4.78 is 39.0. The van der Waals surface area contributed by atoms with Crippen molar-refractivity contribution in [2.45, 2.75) is 0 Å². The van der Waals surface area contributed by atoms with Crippen molar-refractivity contribution in [1.82, 2.24) is 15.4 Å². The Morgan fingerprint density at radius 3 is 1.81 bits per heavy atom. The molecule has 21 heavy (non-hydrogen) atoms. The molecule has 0 fully saturated rings. The number of halogens is 4. The van der Waals surface area contributed by atoms with E-state index in [0.29, 0.717) is 10.9 Å². The Kier molecular flexibility index (Phi) is 21.6. The first-order valence-corrected chi connectivity index (χ1v) is 4.00. The van der Waals surface area contributed by atoms with Gasteiger partial charge in [0.25, 0.3) is 0 Å². The summed E-state index contributed by atoms with van der Waals surface area (Å²) in [5.74, 6) is 0. The molecule has 1 heterocycles. The molecule has 0 bridgehead atoms. The quantitative estimate of drug-likeness (QED) is 0.298. The van der Waals surface area contributed by atoms with Gasteiger partial charge in [0.1, 0.15) is 0 Å². The van der Waals surface area contributed by atoms with Gasteiger partial charge in [0.15, 0.2) is 5.56 Å². The van der Waals surface area contributed by atoms with Crippen molar-refractivity contribution in [2.24, 2.45) is 0 Å². The first-order valence-electron chi connectivity index (χ1n) is 4.00. The number of aromatic nitrogens is 3. The molecule has 4 nitrogen and oxygen atoms in total. The number of benzene rings is 1. The molecule has 2 rings (SSSR count). The molecular formula is C11H16BF4N3OU-6. The Morgan fingerprint density at radius 1 is 0.952 bits per heavy atom. The molecule has 1 aromatic carbocycles. The maximum Gasteiger partial charge on any atom is 0.673 e. The van der Waals surface area contributed by atoms with Crippen molar-refractivity contribution in [2.75, 3.05) is 0 Å². The molecule has 10 heteroatoms. The zero-order valence-corrected chi connectivity index (χ0v) is 16.3. The smallest absolute Gasteiger partial charge is 0.418 e. The van der Waals surface area contributed by atoms with Gasteiger partial charge >= 0.3 is 7.25 Å². The van der Waals surface area contributed by atoms with Crippen LogP contribution in [0.1, 0.15) is 0 Å². The zero-order valence-electron chi connectivity index (χ0n) is 12.1. The van der Waals surface area contributed by atoms with Gasteiger partial charge in [-0.1, -0.05) is 24.3 Å². The second-order valence-electron chi connectivity index (χ2n) is 2.61. The van der Waals surface area contributed by atoms with Gasteiger partial charge in [0.05, 0.1) is 0 Å². The van der Waals surface area contributed by atoms with E-state index in [0.717, 1.165) is 0 Å². The molecule has 0 saturated carbocycles. The fourth-order valence-electron chi connectivity index (χ4n) is 0.907. The van der Waals surface area contributed by atoms with E-state index in [1.165, 1.54) is 0 Å². The molecule has 0 unspecified atom stereocenters. The van der Waals surface area contributed by atoms with Crippen LogP contribution < -0.4 is 10.7 Å². The van der Waals surface area contributed by atoms with Gasteiger partial charge in [0, 0.05) is 36.5 Å². The van der Waals surface area contributed by atoms with E-state index in [1.807, 2.05) is 0 Å². The third-order valence-electron chi connectivity index (χ3n) is 1.42. The van der Waals surface area contributed by atoms with Crippen LogP contribution in [0.25, 0.3) is 10.9 Å². The Balaban J connectivity index is -0.0000000773. The topological polar surface area (TPSA) is 57.0 Å². The van der Waals surface area contributed by atoms with E-state index in [1.54, 1.807) is 24.3 Å². The van der Waals surface area contributed by atoms with E-state index in [-0.39, 0.29) is 66.4 Å². The van der Waals surface area contributed by atoms with Gasteiger partial charge < -0.3 is 57.2 Å². The van der Waals surface area contributed by atoms with Crippen LogP contribution in [-0.2, 0) is 0 Å². The maximum atomic E-state index is 11.0. The summed E-state index contributed by atoms with van der Waals surface area (Å²) in [5.41, 5.74) is 0.267. The molecule has 0 aliphatic rings. The van der Waals surface area contributed by atoms with Gasteiger partial charge in [-0.2, -0.15) is 0 Å². The predicted octanol–water partition coefficient (Wildman–Crippen LogP) is 3.05. The second-order valence-corrected chi connectivity index (χ2v) is 2.61. The number of nitrogens with zero attached hydrogens (tertiary/aromatic N) is 3. The maximum absolute atomic E-state index is 11.0. The van der Waals surface area contributed by atoms with Gasteiger partial charge in [-0.3, -0.25) is 10.0 Å². The molecule has 0 aliphatic carbocycles. The van der Waals surface area contributed by atoms with Crippen LogP contribution in [0.5, 0.6) is 0 Å². The molecule has 0 N–H and O–H groups in total. The van der Waals surface area contributed by atoms with Crippen molar-refractivity contribution in [1.29, 1.82) is 0 Å². The van der Waals surface area contributed by atoms with Crippen molar-refractivity contribution < 1.29 is 48.4 Å². The molecule has 122 valence electrons. The molecule has 0 radical (unpaired) electrons. The first kappa shape index (κ1) is 32.2. The van der Waals surface area contributed by atoms with Crippen LogP contribution in [-0.4, -0.2) is 17.6 Å². The molecule has 2 aromatic rings. The average molecular weight is 531 g/mol. The fraction of sp³-hybridized carbons (Fsp3) is 0. The molecule has 0 aliphatic heterocycles. The van der Waals surface area contributed by atoms with Gasteiger partial charge in [-0.05, 0) is 5.52 Å². The van der Waals surface area contributed by atoms with Crippen molar-refractivity contribution in [3.8, 4) is 0 Å². The molecule has 0 amide bonds. The third kappa shape index (κ3) is 13.8. The summed E-state index contributed by atoms with van der Waals surface area (Å²) in [5, 5.41) is 10.8. The Hall–Kier alpha value is -0.873. The number of fused-ring (bicyclic) bond motifs is 1. The van der Waals surface area contributed by atoms with E-state index in [2.05, 4.69) is 15.4 Å². The van der Waals surface area contributed by atoms with Crippen LogP contribution in [0.4, 0.5) is 17.3 Å². The Labute approximate surface area is 146 Å². The standard InChI is InChI=1S/C7H5N3O.4CH3.BF4.U/c11-7-5-3-1-2-4-6(5)8-10-9-7;;;;;2-1(3,4)5;/h1-4H,(H,8,9,11);4*1H3;;/q;5*-1;/p-1. The van der Waals surface area contributed by atoms with Crippen LogP contribution in [0.2, 0.25) is 0 Å². The predicted molar refractivity (Wildman–Crippen MR) is 75.0 cm³/mol. The van der Waals surface area contributed by atoms with Crippen molar-refractivity contribution in [3.63, 3.8) is 0 Å². The first-order chi connectivity index (χ1) is 7.38. The summed E-state index contributed by atoms with van der Waals surface area (Å²) in [7, 11) is -6.00. The van der Waals surface area contributed by atoms with E-state index in [9.17, 15) is 22.1 Å². The van der Waals surface area contributed by atoms with Crippen LogP contribution in [0.3, 0.4) is 0 Å². The number of hydrogen-bond donors (Lipinski definition) is 0. The molecule has 1 aromatic heterocycles. The molecule has 0 saturated heterocycles. The van der Waals surface area contributed by atoms with Gasteiger partial charge in [0.2, 0.25) is 0 Å². The third-order valence-corrected chi connectivity index (χ3v) is 1.42. The van der Waals surface area contributed by atoms with Crippen LogP contribution >= 0.6 is 0 Å². The number of rotatable bonds is 0. The summed E-state index contributed by atoms with van der Waals surface area (Å²) in [6.45, 7) is 0. The minimum Gasteiger partial charge on any atom is -0.418 e. The Morgan fingerprint density at radius 2 is 1.38 bits per heavy atom. The van der Waals surface area contributed by atoms with Gasteiger partial charge in [-0.25, -0.2) is 0 Å². The summed E-state index contributed by atoms with van der Waals surface area (Å²) >= 11 is 0. The fourth-order valence-corrected chi connectivity index (χ4v) is 0.907. The van der Waals surface area contributed by atoms with E-state index < -0.39 is 7.25 Å². The SMILES string of the molecule is F[B-](F)(F)F.O=c1[n-]nnc2ccccc12.[CH3-].[CH3-].[CH3-].[CH3-].[U]. The van der Waals surface area contributed by atoms with Crippen LogP contribution in [0.15, 0.2) is 29.1 Å². The van der Waals surface area contributed by atoms with Gasteiger partial charge in [-0.15, -0.1) is 0 Å². The molecular weight excluding hydrogens is 515 g/mol. The summed E-state index contributed by atoms with van der Waals surface area (Å²) in [4.78, 5) is 11.0. The summed E-state index contributed by atoms with van der Waals surface area (Å²) in [6.07, 6.45) is 0. The minimum absolute atomic E-state index is 0. The van der Waals surface area contributed by atoms with E-state index in [4.69, 9.17) is 0 Å². The normalized spacial score (nSPS) is 8.19. The van der Waals surface area contributed by atoms with Crippen molar-refractivity contribution in [3.05, 3.63) is 64.3 Å². The molecule has 0 atom stereocenters. The van der Waals surface area contributed by atoms with E-state index >= 15 is 0 Å². The Bertz CT molecular complexity index is 525. The van der Waals surface area contributed by atoms with Crippen LogP contribution in [0, 0.1) is 60.8 Å².